The molecule has 2 aliphatic carbocycles. The Hall–Kier alpha value is 0.560. The van der Waals surface area contributed by atoms with Crippen molar-refractivity contribution in [2.24, 2.45) is 0 Å². The van der Waals surface area contributed by atoms with Crippen LogP contribution in [0.2, 0.25) is 0 Å². The third-order valence-corrected chi connectivity index (χ3v) is 9.68. The minimum Gasteiger partial charge on any atom is -1.00 e. The van der Waals surface area contributed by atoms with Crippen molar-refractivity contribution < 1.29 is 44.0 Å². The first-order valence-electron chi connectivity index (χ1n) is 8.91. The Kier molecular flexibility index (Phi) is 8.24. The van der Waals surface area contributed by atoms with Crippen LogP contribution in [0.4, 0.5) is 0 Å². The van der Waals surface area contributed by atoms with Crippen molar-refractivity contribution in [2.75, 3.05) is 0 Å². The van der Waals surface area contributed by atoms with E-state index in [4.69, 9.17) is 0 Å². The van der Waals surface area contributed by atoms with E-state index in [1.54, 1.807) is 12.1 Å². The number of rotatable bonds is 4. The third kappa shape index (κ3) is 5.28. The second-order valence-electron chi connectivity index (χ2n) is 6.96. The maximum Gasteiger partial charge on any atom is 1.00 e. The fraction of sp³-hybridized carbons (Fsp3) is 0.667. The zero-order chi connectivity index (χ0) is 16.3. The summed E-state index contributed by atoms with van der Waals surface area (Å²) in [4.78, 5) is 0.0640. The summed E-state index contributed by atoms with van der Waals surface area (Å²) >= 11 is 0. The minimum absolute atomic E-state index is 0. The van der Waals surface area contributed by atoms with Crippen LogP contribution in [-0.2, 0) is 10.1 Å². The van der Waals surface area contributed by atoms with Gasteiger partial charge in [-0.2, -0.15) is 8.42 Å². The van der Waals surface area contributed by atoms with Crippen molar-refractivity contribution >= 4 is 23.3 Å². The van der Waals surface area contributed by atoms with Crippen molar-refractivity contribution in [3.05, 3.63) is 24.3 Å². The van der Waals surface area contributed by atoms with Gasteiger partial charge < -0.3 is 1.43 Å². The van der Waals surface area contributed by atoms with E-state index in [0.29, 0.717) is 0 Å². The summed E-state index contributed by atoms with van der Waals surface area (Å²) in [6.07, 6.45) is 13.1. The van der Waals surface area contributed by atoms with Gasteiger partial charge in [-0.15, -0.1) is 0 Å². The Bertz CT molecular complexity index is 611. The predicted octanol–water partition coefficient (Wildman–Crippen LogP) is 1.82. The Labute approximate surface area is 171 Å². The molecule has 24 heavy (non-hydrogen) atoms. The Morgan fingerprint density at radius 1 is 0.917 bits per heavy atom. The molecule has 3 nitrogen and oxygen atoms in total. The van der Waals surface area contributed by atoms with Crippen LogP contribution in [0.5, 0.6) is 0 Å². The van der Waals surface area contributed by atoms with Crippen molar-refractivity contribution in [3.63, 3.8) is 0 Å². The van der Waals surface area contributed by atoms with Gasteiger partial charge in [0.15, 0.2) is 0 Å². The molecule has 2 fully saturated rings. The van der Waals surface area contributed by atoms with Gasteiger partial charge in [0.25, 0.3) is 10.1 Å². The number of hydrogen-bond donors (Lipinski definition) is 1. The van der Waals surface area contributed by atoms with Crippen LogP contribution in [0.3, 0.4) is 0 Å². The molecule has 0 bridgehead atoms. The smallest absolute Gasteiger partial charge is 1.00 e. The maximum atomic E-state index is 11.5. The molecule has 6 heteroatoms. The molecule has 1 aromatic rings. The molecule has 2 aliphatic rings. The first-order chi connectivity index (χ1) is 11.1. The molecule has 3 rings (SSSR count). The topological polar surface area (TPSA) is 54.4 Å². The van der Waals surface area contributed by atoms with Gasteiger partial charge in [0.05, 0.1) is 4.90 Å². The molecule has 1 aromatic carbocycles. The molecule has 0 unspecified atom stereocenters. The normalized spacial score (nSPS) is 20.8. The molecule has 0 atom stereocenters. The van der Waals surface area contributed by atoms with Crippen molar-refractivity contribution in [2.45, 2.75) is 80.4 Å². The molecule has 0 aromatic heterocycles. The molecule has 2 saturated carbocycles. The van der Waals surface area contributed by atoms with Gasteiger partial charge in [-0.05, 0) is 54.4 Å². The molecule has 0 radical (unpaired) electrons. The summed E-state index contributed by atoms with van der Waals surface area (Å²) in [7, 11) is -4.44. The molecule has 0 aliphatic heterocycles. The molecule has 1 N–H and O–H groups in total. The van der Waals surface area contributed by atoms with Crippen molar-refractivity contribution in [1.82, 2.24) is 0 Å². The van der Waals surface area contributed by atoms with Gasteiger partial charge >= 0.3 is 29.6 Å². The van der Waals surface area contributed by atoms with Gasteiger partial charge in [0.1, 0.15) is 0 Å². The predicted molar refractivity (Wildman–Crippen MR) is 97.7 cm³/mol. The number of hydrogen-bond acceptors (Lipinski definition) is 2. The summed E-state index contributed by atoms with van der Waals surface area (Å²) < 4.78 is 32.4. The summed E-state index contributed by atoms with van der Waals surface area (Å²) in [5.41, 5.74) is 1.47. The first-order valence-corrected chi connectivity index (χ1v) is 11.8. The third-order valence-electron chi connectivity index (χ3n) is 5.35. The standard InChI is InChI=1S/C18H27O3PS.Na.H/c19-23(20,21)18-13-7-12-17(14-18)22(15-8-3-1-4-9-15)16-10-5-2-6-11-16;;/h7,12-16H,1-6,8-11H2,(H,19,20,21);;/q;+1;-1. The fourth-order valence-corrected chi connectivity index (χ4v) is 8.69. The van der Waals surface area contributed by atoms with Crippen LogP contribution in [0.15, 0.2) is 29.2 Å². The zero-order valence-electron chi connectivity index (χ0n) is 15.7. The summed E-state index contributed by atoms with van der Waals surface area (Å²) in [6.45, 7) is 0. The molecule has 0 saturated heterocycles. The molecule has 130 valence electrons. The average molecular weight is 378 g/mol. The molecule has 0 heterocycles. The second-order valence-corrected chi connectivity index (χ2v) is 11.2. The summed E-state index contributed by atoms with van der Waals surface area (Å²) in [5.74, 6) is 0. The number of benzene rings is 1. The van der Waals surface area contributed by atoms with E-state index in [1.165, 1.54) is 75.6 Å². The van der Waals surface area contributed by atoms with Crippen LogP contribution in [0, 0.1) is 0 Å². The molecule has 0 spiro atoms. The first kappa shape index (κ1) is 20.9. The van der Waals surface area contributed by atoms with Gasteiger partial charge in [-0.25, -0.2) is 0 Å². The van der Waals surface area contributed by atoms with Crippen LogP contribution in [0.25, 0.3) is 0 Å². The second kappa shape index (κ2) is 9.48. The van der Waals surface area contributed by atoms with Gasteiger partial charge in [-0.3, -0.25) is 4.55 Å². The van der Waals surface area contributed by atoms with Crippen molar-refractivity contribution in [3.8, 4) is 0 Å². The average Bonchev–Trinajstić information content (AvgIpc) is 2.57. The fourth-order valence-electron chi connectivity index (χ4n) is 4.24. The van der Waals surface area contributed by atoms with Crippen molar-refractivity contribution in [1.29, 1.82) is 0 Å². The van der Waals surface area contributed by atoms with Crippen LogP contribution in [-0.4, -0.2) is 24.3 Å². The van der Waals surface area contributed by atoms with Gasteiger partial charge in [0, 0.05) is 0 Å². The van der Waals surface area contributed by atoms with Gasteiger partial charge in [-0.1, -0.05) is 58.6 Å². The maximum absolute atomic E-state index is 11.5. The van der Waals surface area contributed by atoms with E-state index in [0.717, 1.165) is 11.3 Å². The van der Waals surface area contributed by atoms with Crippen LogP contribution in [0.1, 0.15) is 65.6 Å². The summed E-state index contributed by atoms with van der Waals surface area (Å²) in [5, 5.41) is 1.19. The minimum atomic E-state index is -4.11. The molecular formula is C18H28NaO3PS. The van der Waals surface area contributed by atoms with Crippen LogP contribution >= 0.6 is 7.92 Å². The zero-order valence-corrected chi connectivity index (χ0v) is 18.4. The Morgan fingerprint density at radius 3 is 1.88 bits per heavy atom. The monoisotopic (exact) mass is 378 g/mol. The van der Waals surface area contributed by atoms with E-state index in [-0.39, 0.29) is 43.8 Å². The van der Waals surface area contributed by atoms with E-state index >= 15 is 0 Å². The largest absolute Gasteiger partial charge is 1.00 e. The molecule has 0 amide bonds. The van der Waals surface area contributed by atoms with E-state index in [9.17, 15) is 13.0 Å². The van der Waals surface area contributed by atoms with E-state index in [1.807, 2.05) is 0 Å². The van der Waals surface area contributed by atoms with E-state index in [2.05, 4.69) is 6.07 Å². The SMILES string of the molecule is O=S(=O)(O)c1cccc(P(C2CCCCC2)C2CCCCC2)c1.[H-].[Na+]. The summed E-state index contributed by atoms with van der Waals surface area (Å²) in [6, 6.07) is 7.17. The van der Waals surface area contributed by atoms with Gasteiger partial charge in [0.2, 0.25) is 0 Å². The van der Waals surface area contributed by atoms with E-state index < -0.39 is 10.1 Å². The van der Waals surface area contributed by atoms with Crippen LogP contribution < -0.4 is 34.9 Å². The Balaban J connectivity index is 0.00000156. The molecular weight excluding hydrogens is 350 g/mol. The Morgan fingerprint density at radius 2 is 1.42 bits per heavy atom. The quantitative estimate of drug-likeness (QED) is 0.494.